The number of aromatic nitrogens is 3. The summed E-state index contributed by atoms with van der Waals surface area (Å²) < 4.78 is -0.183. The van der Waals surface area contributed by atoms with Gasteiger partial charge in [0, 0.05) is 4.70 Å². The Bertz CT molecular complexity index is 4080. The molecule has 0 unspecified atom stereocenters. The van der Waals surface area contributed by atoms with Gasteiger partial charge in [0.25, 0.3) is 0 Å². The summed E-state index contributed by atoms with van der Waals surface area (Å²) in [6, 6.07) is 24.5. The van der Waals surface area contributed by atoms with Gasteiger partial charge in [0.15, 0.2) is 75.0 Å². The molecule has 0 saturated carbocycles. The Morgan fingerprint density at radius 1 is 0.267 bits per heavy atom. The van der Waals surface area contributed by atoms with E-state index in [4.69, 9.17) is 0 Å². The van der Waals surface area contributed by atoms with Gasteiger partial charge in [-0.3, -0.25) is 0 Å². The van der Waals surface area contributed by atoms with Gasteiger partial charge in [-0.25, -0.2) is 15.0 Å². The Labute approximate surface area is 424 Å². The van der Waals surface area contributed by atoms with E-state index in [1.165, 1.54) is 7.85 Å². The van der Waals surface area contributed by atoms with Gasteiger partial charge in [-0.15, -0.1) is 11.3 Å². The highest BCUT2D eigenvalue weighted by atomic mass is 32.1. The molecule has 18 N–H and O–H groups in total. The first kappa shape index (κ1) is 48.2. The van der Waals surface area contributed by atoms with Crippen LogP contribution >= 0.6 is 11.3 Å². The fourth-order valence-electron chi connectivity index (χ4n) is 8.98. The first-order valence-electron chi connectivity index (χ1n) is 21.8. The Balaban J connectivity index is 1.28. The summed E-state index contributed by atoms with van der Waals surface area (Å²) in [6.45, 7) is 0. The summed E-state index contributed by atoms with van der Waals surface area (Å²) in [5.74, 6) is -26.1. The predicted molar refractivity (Wildman–Crippen MR) is 277 cm³/mol. The summed E-state index contributed by atoms with van der Waals surface area (Å²) in [7, 11) is 2.54. The zero-order valence-corrected chi connectivity index (χ0v) is 39.1. The smallest absolute Gasteiger partial charge is 0.208 e. The molecule has 0 amide bonds. The van der Waals surface area contributed by atoms with Crippen LogP contribution in [0.25, 0.3) is 98.8 Å². The van der Waals surface area contributed by atoms with E-state index in [0.717, 1.165) is 35.9 Å². The minimum atomic E-state index is -1.53. The Hall–Kier alpha value is -10.5. The first-order chi connectivity index (χ1) is 35.6. The molecule has 0 saturated heterocycles. The van der Waals surface area contributed by atoms with Crippen molar-refractivity contribution in [2.45, 2.75) is 0 Å². The van der Waals surface area contributed by atoms with E-state index in [9.17, 15) is 91.9 Å². The zero-order valence-electron chi connectivity index (χ0n) is 38.3. The van der Waals surface area contributed by atoms with E-state index in [1.807, 2.05) is 60.7 Å². The quantitative estimate of drug-likeness (QED) is 0.0559. The molecule has 21 nitrogen and oxygen atoms in total. The normalized spacial score (nSPS) is 11.5. The van der Waals surface area contributed by atoms with Gasteiger partial charge < -0.3 is 91.9 Å². The second kappa shape index (κ2) is 17.1. The maximum atomic E-state index is 11.9. The van der Waals surface area contributed by atoms with E-state index in [0.29, 0.717) is 11.1 Å². The van der Waals surface area contributed by atoms with Crippen LogP contribution in [-0.4, -0.2) is 123 Å². The van der Waals surface area contributed by atoms with Crippen LogP contribution in [0.5, 0.6) is 103 Å². The highest BCUT2D eigenvalue weighted by Crippen LogP contribution is 2.62. The van der Waals surface area contributed by atoms with Crippen molar-refractivity contribution in [2.24, 2.45) is 0 Å². The van der Waals surface area contributed by atoms with E-state index < -0.39 is 160 Å². The topological polar surface area (TPSA) is 403 Å². The largest absolute Gasteiger partial charge is 0.508 e. The molecule has 0 radical (unpaired) electrons. The predicted octanol–water partition coefficient (Wildman–Crippen LogP) is 5.13. The van der Waals surface area contributed by atoms with Gasteiger partial charge in [0.2, 0.25) is 34.5 Å². The van der Waals surface area contributed by atoms with E-state index in [1.54, 1.807) is 18.2 Å². The number of aromatic hydroxyl groups is 18. The van der Waals surface area contributed by atoms with Crippen LogP contribution in [0.3, 0.4) is 0 Å². The lowest BCUT2D eigenvalue weighted by molar-refractivity contribution is 0.329. The van der Waals surface area contributed by atoms with Crippen LogP contribution in [0, 0.1) is 0 Å². The number of fused-ring (bicyclic) bond motifs is 3. The van der Waals surface area contributed by atoms with Crippen molar-refractivity contribution in [3.8, 4) is 182 Å². The van der Waals surface area contributed by atoms with Crippen molar-refractivity contribution in [3.05, 3.63) is 78.9 Å². The van der Waals surface area contributed by atoms with Crippen molar-refractivity contribution in [1.82, 2.24) is 15.0 Å². The van der Waals surface area contributed by atoms with Crippen LogP contribution in [0.2, 0.25) is 0 Å². The standard InChI is InChI=1S/C51H35B2N3O18S/c52-27-19(18-8-4-7-17(13-18)16-11-9-15(10-12-16)14-5-2-1-3-6-14)47-22(33(61)39(27)67)23-34(62)42(70)38(66)26(48(23)75-47)51-55-49(54-50(56-51)25-36(64)44(72)46(74)45(73)37(25)65)24-29(57)20(31(59)41(69)35(24)63)21-30(58)28(53)40(68)43(71)32(21)60/h1-13,57-74H,52-53H2. The Morgan fingerprint density at radius 2 is 0.613 bits per heavy atom. The fourth-order valence-corrected chi connectivity index (χ4v) is 10.5. The summed E-state index contributed by atoms with van der Waals surface area (Å²) >= 11 is 0.728. The van der Waals surface area contributed by atoms with Gasteiger partial charge in [-0.05, 0) is 50.4 Å². The summed E-state index contributed by atoms with van der Waals surface area (Å²) in [5.41, 5.74) is -1.43. The molecule has 8 aromatic carbocycles. The molecule has 0 aliphatic heterocycles. The maximum Gasteiger partial charge on any atom is 0.208 e. The Morgan fingerprint density at radius 3 is 1.17 bits per heavy atom. The maximum absolute atomic E-state index is 11.9. The molecule has 0 fully saturated rings. The number of phenols is 18. The van der Waals surface area contributed by atoms with Crippen molar-refractivity contribution in [2.75, 3.05) is 0 Å². The van der Waals surface area contributed by atoms with Gasteiger partial charge in [-0.2, -0.15) is 0 Å². The van der Waals surface area contributed by atoms with Crippen molar-refractivity contribution < 1.29 is 91.9 Å². The lowest BCUT2D eigenvalue weighted by atomic mass is 9.83. The minimum absolute atomic E-state index is 0.115. The fraction of sp³-hybridized carbons (Fsp3) is 0. The molecule has 2 aromatic heterocycles. The van der Waals surface area contributed by atoms with Crippen molar-refractivity contribution >= 4 is 58.1 Å². The highest BCUT2D eigenvalue weighted by Gasteiger charge is 2.36. The first-order valence-corrected chi connectivity index (χ1v) is 22.6. The average molecular weight is 1030 g/mol. The molecule has 75 heavy (non-hydrogen) atoms. The molecule has 2 heterocycles. The van der Waals surface area contributed by atoms with E-state index in [2.05, 4.69) is 15.0 Å². The van der Waals surface area contributed by atoms with Crippen LogP contribution in [0.15, 0.2) is 78.9 Å². The lowest BCUT2D eigenvalue weighted by Crippen LogP contribution is -2.08. The average Bonchev–Trinajstić information content (AvgIpc) is 3.80. The van der Waals surface area contributed by atoms with Gasteiger partial charge in [-0.1, -0.05) is 72.8 Å². The molecular weight excluding hydrogens is 996 g/mol. The van der Waals surface area contributed by atoms with Gasteiger partial charge in [0.1, 0.15) is 38.3 Å². The van der Waals surface area contributed by atoms with Crippen LogP contribution in [0.1, 0.15) is 0 Å². The van der Waals surface area contributed by atoms with Crippen molar-refractivity contribution in [1.29, 1.82) is 0 Å². The molecule has 10 aromatic rings. The minimum Gasteiger partial charge on any atom is -0.508 e. The molecule has 10 rings (SSSR count). The highest BCUT2D eigenvalue weighted by molar-refractivity contribution is 7.27. The number of hydrogen-bond acceptors (Lipinski definition) is 22. The summed E-state index contributed by atoms with van der Waals surface area (Å²) in [4.78, 5) is 12.5. The molecule has 0 aliphatic rings. The number of hydrogen-bond donors (Lipinski definition) is 18. The summed E-state index contributed by atoms with van der Waals surface area (Å²) in [6.07, 6.45) is 0. The lowest BCUT2D eigenvalue weighted by Gasteiger charge is -2.19. The molecule has 0 aliphatic carbocycles. The number of benzene rings is 8. The van der Waals surface area contributed by atoms with Gasteiger partial charge >= 0.3 is 0 Å². The second-order valence-corrected chi connectivity index (χ2v) is 18.1. The van der Waals surface area contributed by atoms with Crippen LogP contribution < -0.4 is 10.9 Å². The third-order valence-corrected chi connectivity index (χ3v) is 14.1. The van der Waals surface area contributed by atoms with E-state index >= 15 is 0 Å². The number of phenolic OH excluding ortho intramolecular Hbond substituents is 18. The molecule has 0 atom stereocenters. The molecule has 0 bridgehead atoms. The Kier molecular flexibility index (Phi) is 11.0. The SMILES string of the molecule is Bc1c(O)c(O)c(O)c(-c2c(O)c(O)c(O)c(-c3nc(-c4c(O)c(O)c(O)c(O)c4O)nc(-c4c(O)c(O)c(O)c5c4sc4c(-c6cccc(-c7ccc(-c8ccccc8)cc7)c6)c(B)c(O)c(O)c45)n3)c2O)c1O. The molecular formula is C51H35B2N3O18S. The number of nitrogens with zero attached hydrogens (tertiary/aromatic N) is 3. The van der Waals surface area contributed by atoms with Crippen molar-refractivity contribution in [3.63, 3.8) is 0 Å². The molecule has 374 valence electrons. The monoisotopic (exact) mass is 1030 g/mol. The van der Waals surface area contributed by atoms with E-state index in [-0.39, 0.29) is 25.8 Å². The molecule has 24 heteroatoms. The third kappa shape index (κ3) is 6.98. The number of rotatable bonds is 7. The van der Waals surface area contributed by atoms with Crippen LogP contribution in [-0.2, 0) is 0 Å². The third-order valence-electron chi connectivity index (χ3n) is 12.9. The second-order valence-electron chi connectivity index (χ2n) is 17.1. The zero-order chi connectivity index (χ0) is 54.0. The number of thiophene rings is 1. The van der Waals surface area contributed by atoms with Crippen LogP contribution in [0.4, 0.5) is 0 Å². The molecule has 0 spiro atoms. The summed E-state index contributed by atoms with van der Waals surface area (Å²) in [5, 5.41) is 200. The van der Waals surface area contributed by atoms with Gasteiger partial charge in [0.05, 0.1) is 32.2 Å².